The summed E-state index contributed by atoms with van der Waals surface area (Å²) in [4.78, 5) is 0.416. The molecule has 2 bridgehead atoms. The molecule has 2 aliphatic rings. The Morgan fingerprint density at radius 1 is 1.10 bits per heavy atom. The monoisotopic (exact) mass is 308 g/mol. The van der Waals surface area contributed by atoms with Gasteiger partial charge in [-0.25, -0.2) is 8.42 Å². The van der Waals surface area contributed by atoms with Crippen LogP contribution in [0.5, 0.6) is 0 Å². The summed E-state index contributed by atoms with van der Waals surface area (Å²) in [6.45, 7) is 3.96. The van der Waals surface area contributed by atoms with Crippen LogP contribution >= 0.6 is 0 Å². The summed E-state index contributed by atoms with van der Waals surface area (Å²) in [6, 6.07) is 6.51. The van der Waals surface area contributed by atoms with Crippen LogP contribution in [0.2, 0.25) is 0 Å². The zero-order valence-electron chi connectivity index (χ0n) is 13.0. The zero-order valence-corrected chi connectivity index (χ0v) is 13.8. The van der Waals surface area contributed by atoms with Gasteiger partial charge >= 0.3 is 0 Å². The fourth-order valence-electron chi connectivity index (χ4n) is 3.56. The first-order valence-corrected chi connectivity index (χ1v) is 9.13. The van der Waals surface area contributed by atoms with Crippen LogP contribution in [0, 0.1) is 13.8 Å². The quantitative estimate of drug-likeness (QED) is 0.931. The van der Waals surface area contributed by atoms with Crippen molar-refractivity contribution in [3.63, 3.8) is 0 Å². The Bertz CT molecular complexity index is 630. The van der Waals surface area contributed by atoms with Gasteiger partial charge in [0.05, 0.1) is 4.90 Å². The fourth-order valence-corrected chi connectivity index (χ4v) is 5.02. The average molecular weight is 308 g/mol. The molecule has 2 fully saturated rings. The van der Waals surface area contributed by atoms with Gasteiger partial charge in [-0.2, -0.15) is 4.31 Å². The lowest BCUT2D eigenvalue weighted by Crippen LogP contribution is -2.48. The molecule has 1 aromatic carbocycles. The third-order valence-corrected chi connectivity index (χ3v) is 7.02. The van der Waals surface area contributed by atoms with Crippen molar-refractivity contribution in [2.24, 2.45) is 0 Å². The fraction of sp³-hybridized carbons (Fsp3) is 0.625. The molecule has 1 N–H and O–H groups in total. The van der Waals surface area contributed by atoms with E-state index in [0.29, 0.717) is 17.0 Å². The molecule has 0 spiro atoms. The number of benzene rings is 1. The molecule has 5 heteroatoms. The third-order valence-electron chi connectivity index (χ3n) is 5.12. The summed E-state index contributed by atoms with van der Waals surface area (Å²) < 4.78 is 27.3. The van der Waals surface area contributed by atoms with Crippen molar-refractivity contribution < 1.29 is 8.42 Å². The topological polar surface area (TPSA) is 49.4 Å². The molecule has 2 aliphatic heterocycles. The van der Waals surface area contributed by atoms with Gasteiger partial charge in [0.1, 0.15) is 0 Å². The van der Waals surface area contributed by atoms with E-state index in [4.69, 9.17) is 0 Å². The van der Waals surface area contributed by atoms with Crippen LogP contribution in [-0.2, 0) is 10.0 Å². The van der Waals surface area contributed by atoms with Crippen molar-refractivity contribution in [2.75, 3.05) is 7.05 Å². The first kappa shape index (κ1) is 15.0. The van der Waals surface area contributed by atoms with Crippen molar-refractivity contribution >= 4 is 10.0 Å². The molecule has 2 saturated heterocycles. The molecule has 3 rings (SSSR count). The minimum absolute atomic E-state index is 0.121. The molecule has 0 aliphatic carbocycles. The van der Waals surface area contributed by atoms with Gasteiger partial charge in [-0.05, 0) is 62.8 Å². The summed E-state index contributed by atoms with van der Waals surface area (Å²) in [7, 11) is -1.66. The summed E-state index contributed by atoms with van der Waals surface area (Å²) in [6.07, 6.45) is 4.21. The van der Waals surface area contributed by atoms with Crippen LogP contribution in [0.4, 0.5) is 0 Å². The predicted octanol–water partition coefficient (Wildman–Crippen LogP) is 2.21. The number of aryl methyl sites for hydroxylation is 2. The number of fused-ring (bicyclic) bond motifs is 2. The molecule has 0 radical (unpaired) electrons. The average Bonchev–Trinajstić information content (AvgIpc) is 2.79. The molecule has 2 unspecified atom stereocenters. The van der Waals surface area contributed by atoms with E-state index in [1.54, 1.807) is 23.5 Å². The molecule has 0 amide bonds. The van der Waals surface area contributed by atoms with Gasteiger partial charge in [0.2, 0.25) is 10.0 Å². The molecule has 0 aromatic heterocycles. The second-order valence-corrected chi connectivity index (χ2v) is 8.53. The van der Waals surface area contributed by atoms with Crippen molar-refractivity contribution in [3.8, 4) is 0 Å². The number of nitrogens with zero attached hydrogens (tertiary/aromatic N) is 1. The lowest BCUT2D eigenvalue weighted by atomic mass is 10.0. The Morgan fingerprint density at radius 2 is 1.71 bits per heavy atom. The molecule has 116 valence electrons. The number of hydrogen-bond donors (Lipinski definition) is 1. The van der Waals surface area contributed by atoms with Crippen molar-refractivity contribution in [1.82, 2.24) is 9.62 Å². The van der Waals surface area contributed by atoms with Crippen LogP contribution < -0.4 is 5.32 Å². The van der Waals surface area contributed by atoms with Crippen molar-refractivity contribution in [3.05, 3.63) is 29.3 Å². The van der Waals surface area contributed by atoms with E-state index in [9.17, 15) is 8.42 Å². The van der Waals surface area contributed by atoms with E-state index >= 15 is 0 Å². The summed E-state index contributed by atoms with van der Waals surface area (Å²) in [5.74, 6) is 0. The number of nitrogens with one attached hydrogen (secondary N) is 1. The minimum Gasteiger partial charge on any atom is -0.311 e. The number of hydrogen-bond acceptors (Lipinski definition) is 3. The lowest BCUT2D eigenvalue weighted by Gasteiger charge is -2.34. The minimum atomic E-state index is -3.39. The maximum atomic E-state index is 12.8. The van der Waals surface area contributed by atoms with Gasteiger partial charge in [0, 0.05) is 25.2 Å². The summed E-state index contributed by atoms with van der Waals surface area (Å²) in [5.41, 5.74) is 2.14. The second kappa shape index (κ2) is 5.38. The highest BCUT2D eigenvalue weighted by molar-refractivity contribution is 7.89. The van der Waals surface area contributed by atoms with E-state index in [-0.39, 0.29) is 6.04 Å². The highest BCUT2D eigenvalue weighted by atomic mass is 32.2. The van der Waals surface area contributed by atoms with Gasteiger partial charge in [0.25, 0.3) is 0 Å². The Labute approximate surface area is 127 Å². The highest BCUT2D eigenvalue weighted by Crippen LogP contribution is 2.31. The van der Waals surface area contributed by atoms with Crippen LogP contribution in [0.25, 0.3) is 0 Å². The summed E-state index contributed by atoms with van der Waals surface area (Å²) >= 11 is 0. The van der Waals surface area contributed by atoms with E-state index in [1.165, 1.54) is 12.8 Å². The van der Waals surface area contributed by atoms with Crippen LogP contribution in [-0.4, -0.2) is 37.9 Å². The van der Waals surface area contributed by atoms with Gasteiger partial charge in [0.15, 0.2) is 0 Å². The molecular weight excluding hydrogens is 284 g/mol. The number of rotatable bonds is 3. The normalized spacial score (nSPS) is 29.0. The number of sulfonamides is 1. The molecule has 21 heavy (non-hydrogen) atoms. The second-order valence-electron chi connectivity index (χ2n) is 6.53. The zero-order chi connectivity index (χ0) is 15.2. The van der Waals surface area contributed by atoms with E-state index in [2.05, 4.69) is 5.32 Å². The SMILES string of the molecule is Cc1ccc(S(=O)(=O)N(C)C2CC3CCC(C2)N3)cc1C. The first-order chi connectivity index (χ1) is 9.88. The maximum absolute atomic E-state index is 12.8. The molecule has 1 aromatic rings. The summed E-state index contributed by atoms with van der Waals surface area (Å²) in [5, 5.41) is 3.56. The van der Waals surface area contributed by atoms with Crippen molar-refractivity contribution in [2.45, 2.75) is 62.6 Å². The van der Waals surface area contributed by atoms with Crippen LogP contribution in [0.3, 0.4) is 0 Å². The van der Waals surface area contributed by atoms with Crippen LogP contribution in [0.1, 0.15) is 36.8 Å². The Kier molecular flexibility index (Phi) is 3.84. The standard InChI is InChI=1S/C16H24N2O2S/c1-11-4-7-16(8-12(11)2)21(19,20)18(3)15-9-13-5-6-14(10-15)17-13/h4,7-8,13-15,17H,5-6,9-10H2,1-3H3. The van der Waals surface area contributed by atoms with Gasteiger partial charge < -0.3 is 5.32 Å². The molecule has 0 saturated carbocycles. The van der Waals surface area contributed by atoms with E-state index < -0.39 is 10.0 Å². The van der Waals surface area contributed by atoms with E-state index in [1.807, 2.05) is 19.9 Å². The Morgan fingerprint density at radius 3 is 2.29 bits per heavy atom. The Balaban J connectivity index is 1.85. The van der Waals surface area contributed by atoms with Gasteiger partial charge in [-0.15, -0.1) is 0 Å². The molecule has 2 atom stereocenters. The van der Waals surface area contributed by atoms with Crippen molar-refractivity contribution in [1.29, 1.82) is 0 Å². The molecule has 4 nitrogen and oxygen atoms in total. The molecule has 2 heterocycles. The lowest BCUT2D eigenvalue weighted by molar-refractivity contribution is 0.251. The smallest absolute Gasteiger partial charge is 0.243 e. The van der Waals surface area contributed by atoms with E-state index in [0.717, 1.165) is 24.0 Å². The largest absolute Gasteiger partial charge is 0.311 e. The van der Waals surface area contributed by atoms with Gasteiger partial charge in [-0.1, -0.05) is 6.07 Å². The first-order valence-electron chi connectivity index (χ1n) is 7.69. The van der Waals surface area contributed by atoms with Gasteiger partial charge in [-0.3, -0.25) is 0 Å². The highest BCUT2D eigenvalue weighted by Gasteiger charge is 2.38. The molecular formula is C16H24N2O2S. The Hall–Kier alpha value is -0.910. The predicted molar refractivity (Wildman–Crippen MR) is 83.8 cm³/mol. The van der Waals surface area contributed by atoms with Crippen LogP contribution in [0.15, 0.2) is 23.1 Å². The number of piperidine rings is 1. The maximum Gasteiger partial charge on any atom is 0.243 e. The third kappa shape index (κ3) is 2.74.